The van der Waals surface area contributed by atoms with E-state index < -0.39 is 11.8 Å². The first-order valence-corrected chi connectivity index (χ1v) is 4.80. The Hall–Kier alpha value is -1.58. The van der Waals surface area contributed by atoms with Crippen molar-refractivity contribution in [2.24, 2.45) is 0 Å². The van der Waals surface area contributed by atoms with Crippen LogP contribution in [0.5, 0.6) is 0 Å². The van der Waals surface area contributed by atoms with Crippen LogP contribution in [0.25, 0.3) is 0 Å². The number of ether oxygens (including phenoxy) is 1. The molecule has 0 aliphatic heterocycles. The lowest BCUT2D eigenvalue weighted by Crippen LogP contribution is -2.15. The Kier molecular flexibility index (Phi) is 3.66. The summed E-state index contributed by atoms with van der Waals surface area (Å²) < 4.78 is 17.9. The Morgan fingerprint density at radius 3 is 2.87 bits per heavy atom. The van der Waals surface area contributed by atoms with E-state index in [0.29, 0.717) is 6.42 Å². The molecule has 0 heterocycles. The lowest BCUT2D eigenvalue weighted by molar-refractivity contribution is 0.0335. The van der Waals surface area contributed by atoms with Crippen molar-refractivity contribution < 1.29 is 13.9 Å². The van der Waals surface area contributed by atoms with Gasteiger partial charge in [-0.1, -0.05) is 6.92 Å². The summed E-state index contributed by atoms with van der Waals surface area (Å²) in [7, 11) is 0. The number of nitrogens with two attached hydrogens (primary N) is 1. The van der Waals surface area contributed by atoms with Crippen molar-refractivity contribution in [3.63, 3.8) is 0 Å². The number of halogens is 1. The molecule has 4 heteroatoms. The molecule has 2 N–H and O–H groups in total. The molecule has 0 saturated carbocycles. The molecule has 0 bridgehead atoms. The van der Waals surface area contributed by atoms with E-state index in [2.05, 4.69) is 0 Å². The largest absolute Gasteiger partial charge is 0.459 e. The van der Waals surface area contributed by atoms with Crippen molar-refractivity contribution >= 4 is 11.7 Å². The zero-order valence-corrected chi connectivity index (χ0v) is 8.79. The average Bonchev–Trinajstić information content (AvgIpc) is 2.21. The van der Waals surface area contributed by atoms with Gasteiger partial charge in [-0.15, -0.1) is 0 Å². The number of rotatable bonds is 3. The third-order valence-corrected chi connectivity index (χ3v) is 2.12. The first-order chi connectivity index (χ1) is 7.04. The molecule has 3 nitrogen and oxygen atoms in total. The van der Waals surface area contributed by atoms with Crippen molar-refractivity contribution in [1.82, 2.24) is 0 Å². The summed E-state index contributed by atoms with van der Waals surface area (Å²) in [5, 5.41) is 0. The SMILES string of the molecule is CCC(C)OC(=O)c1cc(F)ccc1N. The number of benzene rings is 1. The van der Waals surface area contributed by atoms with Crippen LogP contribution in [0.15, 0.2) is 18.2 Å². The quantitative estimate of drug-likeness (QED) is 0.616. The third-order valence-electron chi connectivity index (χ3n) is 2.12. The lowest BCUT2D eigenvalue weighted by atomic mass is 10.2. The predicted octanol–water partition coefficient (Wildman–Crippen LogP) is 2.36. The van der Waals surface area contributed by atoms with Gasteiger partial charge in [-0.3, -0.25) is 0 Å². The fourth-order valence-corrected chi connectivity index (χ4v) is 1.03. The van der Waals surface area contributed by atoms with E-state index in [1.54, 1.807) is 6.92 Å². The molecule has 0 fully saturated rings. The van der Waals surface area contributed by atoms with E-state index >= 15 is 0 Å². The molecule has 1 unspecified atom stereocenters. The molecule has 0 aliphatic carbocycles. The van der Waals surface area contributed by atoms with Gasteiger partial charge in [0.2, 0.25) is 0 Å². The van der Waals surface area contributed by atoms with Crippen LogP contribution in [0.2, 0.25) is 0 Å². The third kappa shape index (κ3) is 2.94. The molecular formula is C11H14FNO2. The van der Waals surface area contributed by atoms with Gasteiger partial charge in [0.15, 0.2) is 0 Å². The van der Waals surface area contributed by atoms with E-state index in [1.165, 1.54) is 12.1 Å². The Balaban J connectivity index is 2.86. The molecule has 82 valence electrons. The fourth-order valence-electron chi connectivity index (χ4n) is 1.03. The van der Waals surface area contributed by atoms with Crippen LogP contribution in [0.1, 0.15) is 30.6 Å². The van der Waals surface area contributed by atoms with Crippen LogP contribution < -0.4 is 5.73 Å². The molecule has 1 aromatic rings. The number of carbonyl (C=O) groups excluding carboxylic acids is 1. The van der Waals surface area contributed by atoms with Gasteiger partial charge in [-0.05, 0) is 31.5 Å². The maximum atomic E-state index is 12.9. The number of anilines is 1. The van der Waals surface area contributed by atoms with Gasteiger partial charge in [0.1, 0.15) is 5.82 Å². The molecule has 0 radical (unpaired) electrons. The molecule has 0 aromatic heterocycles. The highest BCUT2D eigenvalue weighted by atomic mass is 19.1. The van der Waals surface area contributed by atoms with Gasteiger partial charge in [0.25, 0.3) is 0 Å². The summed E-state index contributed by atoms with van der Waals surface area (Å²) in [5.41, 5.74) is 5.85. The molecule has 0 amide bonds. The second kappa shape index (κ2) is 4.77. The van der Waals surface area contributed by atoms with Crippen molar-refractivity contribution in [2.75, 3.05) is 5.73 Å². The first-order valence-electron chi connectivity index (χ1n) is 4.80. The van der Waals surface area contributed by atoms with Crippen molar-refractivity contribution in [1.29, 1.82) is 0 Å². The van der Waals surface area contributed by atoms with Crippen molar-refractivity contribution in [3.05, 3.63) is 29.6 Å². The van der Waals surface area contributed by atoms with Gasteiger partial charge in [-0.2, -0.15) is 0 Å². The monoisotopic (exact) mass is 211 g/mol. The van der Waals surface area contributed by atoms with Gasteiger partial charge >= 0.3 is 5.97 Å². The van der Waals surface area contributed by atoms with Crippen LogP contribution in [0, 0.1) is 5.82 Å². The van der Waals surface area contributed by atoms with E-state index in [4.69, 9.17) is 10.5 Å². The first kappa shape index (κ1) is 11.5. The highest BCUT2D eigenvalue weighted by Crippen LogP contribution is 2.15. The summed E-state index contributed by atoms with van der Waals surface area (Å²) in [4.78, 5) is 11.5. The minimum atomic E-state index is -0.582. The summed E-state index contributed by atoms with van der Waals surface area (Å²) in [6.45, 7) is 3.67. The number of hydrogen-bond donors (Lipinski definition) is 1. The number of esters is 1. The second-order valence-corrected chi connectivity index (χ2v) is 3.36. The topological polar surface area (TPSA) is 52.3 Å². The van der Waals surface area contributed by atoms with E-state index in [1.807, 2.05) is 6.92 Å². The highest BCUT2D eigenvalue weighted by Gasteiger charge is 2.14. The average molecular weight is 211 g/mol. The zero-order valence-electron chi connectivity index (χ0n) is 8.79. The smallest absolute Gasteiger partial charge is 0.340 e. The Morgan fingerprint density at radius 1 is 1.60 bits per heavy atom. The second-order valence-electron chi connectivity index (χ2n) is 3.36. The zero-order chi connectivity index (χ0) is 11.4. The van der Waals surface area contributed by atoms with Gasteiger partial charge < -0.3 is 10.5 Å². The molecule has 0 saturated heterocycles. The number of carbonyl (C=O) groups is 1. The normalized spacial score (nSPS) is 12.2. The summed E-state index contributed by atoms with van der Waals surface area (Å²) in [6.07, 6.45) is 0.515. The number of hydrogen-bond acceptors (Lipinski definition) is 3. The van der Waals surface area contributed by atoms with Crippen LogP contribution in [0.4, 0.5) is 10.1 Å². The van der Waals surface area contributed by atoms with Crippen molar-refractivity contribution in [2.45, 2.75) is 26.4 Å². The fraction of sp³-hybridized carbons (Fsp3) is 0.364. The highest BCUT2D eigenvalue weighted by molar-refractivity contribution is 5.95. The van der Waals surface area contributed by atoms with E-state index in [9.17, 15) is 9.18 Å². The molecule has 0 aliphatic rings. The standard InChI is InChI=1S/C11H14FNO2/c1-3-7(2)15-11(14)9-6-8(12)4-5-10(9)13/h4-7H,3,13H2,1-2H3. The molecule has 1 rings (SSSR count). The van der Waals surface area contributed by atoms with Crippen molar-refractivity contribution in [3.8, 4) is 0 Å². The summed E-state index contributed by atoms with van der Waals surface area (Å²) >= 11 is 0. The van der Waals surface area contributed by atoms with Crippen LogP contribution in [0.3, 0.4) is 0 Å². The summed E-state index contributed by atoms with van der Waals surface area (Å²) in [6, 6.07) is 3.64. The van der Waals surface area contributed by atoms with E-state index in [-0.39, 0.29) is 17.4 Å². The Bertz CT molecular complexity index is 366. The predicted molar refractivity (Wildman–Crippen MR) is 56.0 cm³/mol. The Labute approximate surface area is 88.0 Å². The van der Waals surface area contributed by atoms with Crippen LogP contribution in [-0.2, 0) is 4.74 Å². The maximum absolute atomic E-state index is 12.9. The molecular weight excluding hydrogens is 197 g/mol. The molecule has 1 atom stereocenters. The maximum Gasteiger partial charge on any atom is 0.340 e. The van der Waals surface area contributed by atoms with Gasteiger partial charge in [-0.25, -0.2) is 9.18 Å². The lowest BCUT2D eigenvalue weighted by Gasteiger charge is -2.11. The molecule has 15 heavy (non-hydrogen) atoms. The molecule has 1 aromatic carbocycles. The van der Waals surface area contributed by atoms with Gasteiger partial charge in [0, 0.05) is 5.69 Å². The summed E-state index contributed by atoms with van der Waals surface area (Å²) in [5.74, 6) is -1.08. The van der Waals surface area contributed by atoms with Gasteiger partial charge in [0.05, 0.1) is 11.7 Å². The van der Waals surface area contributed by atoms with E-state index in [0.717, 1.165) is 6.07 Å². The minimum absolute atomic E-state index is 0.0790. The van der Waals surface area contributed by atoms with Crippen LogP contribution >= 0.6 is 0 Å². The van der Waals surface area contributed by atoms with Crippen LogP contribution in [-0.4, -0.2) is 12.1 Å². The minimum Gasteiger partial charge on any atom is -0.459 e. The number of nitrogen functional groups attached to an aromatic ring is 1. The Morgan fingerprint density at radius 2 is 2.27 bits per heavy atom. The molecule has 0 spiro atoms.